The number of carbonyl (C=O) groups is 2. The standard InChI is InChI=1S/C9H18N2O3/c1-3-10-8(13)4-5-9(14)11-6-7(2)12/h7,12H,3-6H2,1-2H3,(H,10,13)(H,11,14). The van der Waals surface area contributed by atoms with Gasteiger partial charge in [0.2, 0.25) is 11.8 Å². The van der Waals surface area contributed by atoms with Crippen LogP contribution in [0.15, 0.2) is 0 Å². The van der Waals surface area contributed by atoms with Crippen molar-refractivity contribution in [1.29, 1.82) is 0 Å². The summed E-state index contributed by atoms with van der Waals surface area (Å²) in [5.41, 5.74) is 0. The minimum Gasteiger partial charge on any atom is -0.392 e. The molecule has 0 heterocycles. The molecule has 5 heteroatoms. The first-order chi connectivity index (χ1) is 6.56. The van der Waals surface area contributed by atoms with Crippen molar-refractivity contribution in [2.75, 3.05) is 13.1 Å². The van der Waals surface area contributed by atoms with Gasteiger partial charge in [0.1, 0.15) is 0 Å². The maximum Gasteiger partial charge on any atom is 0.220 e. The predicted octanol–water partition coefficient (Wildman–Crippen LogP) is -0.600. The lowest BCUT2D eigenvalue weighted by Crippen LogP contribution is -2.32. The molecule has 0 saturated heterocycles. The van der Waals surface area contributed by atoms with Crippen molar-refractivity contribution in [3.05, 3.63) is 0 Å². The monoisotopic (exact) mass is 202 g/mol. The number of aliphatic hydroxyl groups excluding tert-OH is 1. The first-order valence-corrected chi connectivity index (χ1v) is 4.77. The Hall–Kier alpha value is -1.10. The molecule has 0 aliphatic carbocycles. The second-order valence-electron chi connectivity index (χ2n) is 3.11. The van der Waals surface area contributed by atoms with Gasteiger partial charge in [-0.15, -0.1) is 0 Å². The van der Waals surface area contributed by atoms with Crippen molar-refractivity contribution >= 4 is 11.8 Å². The van der Waals surface area contributed by atoms with E-state index in [1.807, 2.05) is 6.92 Å². The van der Waals surface area contributed by atoms with Crippen molar-refractivity contribution in [3.8, 4) is 0 Å². The Labute approximate surface area is 83.9 Å². The third-order valence-corrected chi connectivity index (χ3v) is 1.55. The molecule has 1 atom stereocenters. The van der Waals surface area contributed by atoms with E-state index in [-0.39, 0.29) is 31.2 Å². The van der Waals surface area contributed by atoms with E-state index in [1.54, 1.807) is 6.92 Å². The van der Waals surface area contributed by atoms with Gasteiger partial charge in [0.25, 0.3) is 0 Å². The van der Waals surface area contributed by atoms with Crippen LogP contribution in [-0.2, 0) is 9.59 Å². The highest BCUT2D eigenvalue weighted by Gasteiger charge is 2.06. The largest absolute Gasteiger partial charge is 0.392 e. The number of aliphatic hydroxyl groups is 1. The Balaban J connectivity index is 3.48. The van der Waals surface area contributed by atoms with Crippen molar-refractivity contribution in [2.24, 2.45) is 0 Å². The van der Waals surface area contributed by atoms with Crippen molar-refractivity contribution in [3.63, 3.8) is 0 Å². The van der Waals surface area contributed by atoms with Crippen molar-refractivity contribution in [1.82, 2.24) is 10.6 Å². The highest BCUT2D eigenvalue weighted by Crippen LogP contribution is 1.89. The lowest BCUT2D eigenvalue weighted by Gasteiger charge is -2.06. The molecule has 0 aromatic carbocycles. The average molecular weight is 202 g/mol. The normalized spacial score (nSPS) is 11.9. The highest BCUT2D eigenvalue weighted by molar-refractivity contribution is 5.83. The van der Waals surface area contributed by atoms with E-state index in [2.05, 4.69) is 10.6 Å². The molecule has 0 aliphatic rings. The summed E-state index contributed by atoms with van der Waals surface area (Å²) in [6, 6.07) is 0. The Kier molecular flexibility index (Phi) is 6.74. The first kappa shape index (κ1) is 12.9. The van der Waals surface area contributed by atoms with E-state index in [1.165, 1.54) is 0 Å². The van der Waals surface area contributed by atoms with Crippen LogP contribution in [0.1, 0.15) is 26.7 Å². The molecule has 1 unspecified atom stereocenters. The Morgan fingerprint density at radius 3 is 2.14 bits per heavy atom. The van der Waals surface area contributed by atoms with E-state index in [4.69, 9.17) is 5.11 Å². The Morgan fingerprint density at radius 1 is 1.21 bits per heavy atom. The van der Waals surface area contributed by atoms with E-state index >= 15 is 0 Å². The third-order valence-electron chi connectivity index (χ3n) is 1.55. The molecule has 0 fully saturated rings. The first-order valence-electron chi connectivity index (χ1n) is 4.77. The molecule has 0 spiro atoms. The molecule has 2 amide bonds. The smallest absolute Gasteiger partial charge is 0.220 e. The maximum atomic E-state index is 11.1. The van der Waals surface area contributed by atoms with Crippen LogP contribution < -0.4 is 10.6 Å². The Bertz CT molecular complexity index is 192. The lowest BCUT2D eigenvalue weighted by molar-refractivity contribution is -0.126. The summed E-state index contributed by atoms with van der Waals surface area (Å²) < 4.78 is 0. The van der Waals surface area contributed by atoms with E-state index in [0.29, 0.717) is 6.54 Å². The van der Waals surface area contributed by atoms with E-state index < -0.39 is 6.10 Å². The van der Waals surface area contributed by atoms with Crippen LogP contribution in [-0.4, -0.2) is 36.1 Å². The molecule has 0 radical (unpaired) electrons. The fourth-order valence-corrected chi connectivity index (χ4v) is 0.863. The van der Waals surface area contributed by atoms with Crippen LogP contribution in [0.3, 0.4) is 0 Å². The summed E-state index contributed by atoms with van der Waals surface area (Å²) in [4.78, 5) is 22.0. The molecule has 5 nitrogen and oxygen atoms in total. The fraction of sp³-hybridized carbons (Fsp3) is 0.778. The number of rotatable bonds is 6. The van der Waals surface area contributed by atoms with Crippen molar-refractivity contribution < 1.29 is 14.7 Å². The van der Waals surface area contributed by atoms with Gasteiger partial charge < -0.3 is 15.7 Å². The van der Waals surface area contributed by atoms with Crippen LogP contribution in [0, 0.1) is 0 Å². The average Bonchev–Trinajstić information content (AvgIpc) is 2.12. The summed E-state index contributed by atoms with van der Waals surface area (Å²) in [5.74, 6) is -0.336. The predicted molar refractivity (Wildman–Crippen MR) is 52.6 cm³/mol. The number of amides is 2. The molecule has 0 aromatic heterocycles. The third kappa shape index (κ3) is 7.54. The van der Waals surface area contributed by atoms with Gasteiger partial charge in [0.05, 0.1) is 6.10 Å². The minimum absolute atomic E-state index is 0.125. The number of hydrogen-bond acceptors (Lipinski definition) is 3. The zero-order valence-electron chi connectivity index (χ0n) is 8.67. The number of nitrogens with one attached hydrogen (secondary N) is 2. The quantitative estimate of drug-likeness (QED) is 0.538. The van der Waals surface area contributed by atoms with Crippen LogP contribution in [0.2, 0.25) is 0 Å². The zero-order valence-corrected chi connectivity index (χ0v) is 8.67. The summed E-state index contributed by atoms with van der Waals surface area (Å²) >= 11 is 0. The molecule has 0 bridgehead atoms. The molecular weight excluding hydrogens is 184 g/mol. The SMILES string of the molecule is CCNC(=O)CCC(=O)NCC(C)O. The van der Waals surface area contributed by atoms with E-state index in [9.17, 15) is 9.59 Å². The summed E-state index contributed by atoms with van der Waals surface area (Å²) in [6.07, 6.45) is -0.193. The van der Waals surface area contributed by atoms with Gasteiger partial charge in [0, 0.05) is 25.9 Å². The fourth-order valence-electron chi connectivity index (χ4n) is 0.863. The van der Waals surface area contributed by atoms with Gasteiger partial charge >= 0.3 is 0 Å². The van der Waals surface area contributed by atoms with Gasteiger partial charge in [0.15, 0.2) is 0 Å². The molecule has 0 aliphatic heterocycles. The topological polar surface area (TPSA) is 78.4 Å². The van der Waals surface area contributed by atoms with Crippen LogP contribution in [0.25, 0.3) is 0 Å². The number of hydrogen-bond donors (Lipinski definition) is 3. The molecule has 0 rings (SSSR count). The number of carbonyl (C=O) groups excluding carboxylic acids is 2. The van der Waals surface area contributed by atoms with Crippen LogP contribution >= 0.6 is 0 Å². The molecule has 0 aromatic rings. The summed E-state index contributed by atoms with van der Waals surface area (Å²) in [5, 5.41) is 14.0. The molecule has 82 valence electrons. The Morgan fingerprint density at radius 2 is 1.71 bits per heavy atom. The molecular formula is C9H18N2O3. The summed E-state index contributed by atoms with van der Waals surface area (Å²) in [6.45, 7) is 4.22. The zero-order chi connectivity index (χ0) is 11.0. The van der Waals surface area contributed by atoms with Crippen LogP contribution in [0.5, 0.6) is 0 Å². The lowest BCUT2D eigenvalue weighted by atomic mass is 10.2. The van der Waals surface area contributed by atoms with Crippen molar-refractivity contribution in [2.45, 2.75) is 32.8 Å². The molecule has 0 saturated carbocycles. The maximum absolute atomic E-state index is 11.1. The molecule has 3 N–H and O–H groups in total. The van der Waals surface area contributed by atoms with Gasteiger partial charge in [-0.2, -0.15) is 0 Å². The van der Waals surface area contributed by atoms with Crippen LogP contribution in [0.4, 0.5) is 0 Å². The second kappa shape index (κ2) is 7.32. The van der Waals surface area contributed by atoms with Gasteiger partial charge in [-0.05, 0) is 13.8 Å². The minimum atomic E-state index is -0.552. The van der Waals surface area contributed by atoms with Gasteiger partial charge in [-0.3, -0.25) is 9.59 Å². The summed E-state index contributed by atoms with van der Waals surface area (Å²) in [7, 11) is 0. The highest BCUT2D eigenvalue weighted by atomic mass is 16.3. The molecule has 14 heavy (non-hydrogen) atoms. The van der Waals surface area contributed by atoms with Gasteiger partial charge in [-0.25, -0.2) is 0 Å². The second-order valence-corrected chi connectivity index (χ2v) is 3.11. The van der Waals surface area contributed by atoms with E-state index in [0.717, 1.165) is 0 Å². The van der Waals surface area contributed by atoms with Gasteiger partial charge in [-0.1, -0.05) is 0 Å².